The Morgan fingerprint density at radius 3 is 3.00 bits per heavy atom. The van der Waals surface area contributed by atoms with Crippen molar-refractivity contribution in [1.29, 1.82) is 0 Å². The van der Waals surface area contributed by atoms with Gasteiger partial charge in [0.2, 0.25) is 0 Å². The van der Waals surface area contributed by atoms with Gasteiger partial charge >= 0.3 is 0 Å². The van der Waals surface area contributed by atoms with Crippen LogP contribution in [-0.4, -0.2) is 23.5 Å². The maximum atomic E-state index is 4.53. The molecule has 1 aromatic heterocycles. The van der Waals surface area contributed by atoms with Gasteiger partial charge in [-0.15, -0.1) is 11.3 Å². The van der Waals surface area contributed by atoms with E-state index in [-0.39, 0.29) is 0 Å². The molecular formula is C14H17BrN2S. The third-order valence-corrected chi connectivity index (χ3v) is 5.32. The molecule has 3 rings (SSSR count). The molecule has 2 unspecified atom stereocenters. The molecule has 18 heavy (non-hydrogen) atoms. The van der Waals surface area contributed by atoms with Crippen LogP contribution in [-0.2, 0) is 0 Å². The van der Waals surface area contributed by atoms with Gasteiger partial charge in [-0.1, -0.05) is 13.0 Å². The Labute approximate surface area is 120 Å². The third-order valence-electron chi connectivity index (χ3n) is 3.83. The number of nitrogens with zero attached hydrogens (tertiary/aromatic N) is 2. The third kappa shape index (κ3) is 2.33. The standard InChI is InChI=1S/C14H17BrN2S/c1-9-3-5-12(17(2)8-9)10-4-6-13-11(7-10)16-14(15)18-13/h4,6-7,9,12H,3,5,8H2,1-2H3. The summed E-state index contributed by atoms with van der Waals surface area (Å²) in [6.07, 6.45) is 2.59. The minimum atomic E-state index is 0.561. The summed E-state index contributed by atoms with van der Waals surface area (Å²) in [6, 6.07) is 7.29. The van der Waals surface area contributed by atoms with Crippen LogP contribution < -0.4 is 0 Å². The van der Waals surface area contributed by atoms with E-state index in [1.807, 2.05) is 0 Å². The molecule has 0 bridgehead atoms. The van der Waals surface area contributed by atoms with Gasteiger partial charge in [0.1, 0.15) is 0 Å². The molecule has 0 spiro atoms. The fourth-order valence-corrected chi connectivity index (χ4v) is 4.30. The first-order valence-electron chi connectivity index (χ1n) is 6.39. The number of thiazole rings is 1. The molecule has 0 N–H and O–H groups in total. The zero-order valence-electron chi connectivity index (χ0n) is 10.7. The number of halogens is 1. The van der Waals surface area contributed by atoms with Gasteiger partial charge < -0.3 is 0 Å². The predicted octanol–water partition coefficient (Wildman–Crippen LogP) is 4.46. The molecule has 1 fully saturated rings. The summed E-state index contributed by atoms with van der Waals surface area (Å²) in [5, 5.41) is 0. The van der Waals surface area contributed by atoms with E-state index in [1.165, 1.54) is 29.6 Å². The molecule has 2 heterocycles. The topological polar surface area (TPSA) is 16.1 Å². The fraction of sp³-hybridized carbons (Fsp3) is 0.500. The minimum Gasteiger partial charge on any atom is -0.299 e. The van der Waals surface area contributed by atoms with E-state index in [1.54, 1.807) is 11.3 Å². The largest absolute Gasteiger partial charge is 0.299 e. The van der Waals surface area contributed by atoms with Gasteiger partial charge in [0, 0.05) is 12.6 Å². The Morgan fingerprint density at radius 1 is 1.39 bits per heavy atom. The van der Waals surface area contributed by atoms with Crippen molar-refractivity contribution in [3.63, 3.8) is 0 Å². The van der Waals surface area contributed by atoms with Crippen molar-refractivity contribution in [1.82, 2.24) is 9.88 Å². The lowest BCUT2D eigenvalue weighted by Crippen LogP contribution is -2.33. The van der Waals surface area contributed by atoms with Crippen LogP contribution in [0.4, 0.5) is 0 Å². The van der Waals surface area contributed by atoms with Crippen molar-refractivity contribution in [3.8, 4) is 0 Å². The molecular weight excluding hydrogens is 308 g/mol. The Kier molecular flexibility index (Phi) is 3.43. The quantitative estimate of drug-likeness (QED) is 0.769. The van der Waals surface area contributed by atoms with Crippen LogP contribution in [0.2, 0.25) is 0 Å². The van der Waals surface area contributed by atoms with Gasteiger partial charge in [-0.25, -0.2) is 4.98 Å². The first-order valence-corrected chi connectivity index (χ1v) is 8.00. The van der Waals surface area contributed by atoms with Crippen molar-refractivity contribution in [2.45, 2.75) is 25.8 Å². The van der Waals surface area contributed by atoms with E-state index in [4.69, 9.17) is 0 Å². The summed E-state index contributed by atoms with van der Waals surface area (Å²) in [6.45, 7) is 3.54. The van der Waals surface area contributed by atoms with Gasteiger partial charge in [0.15, 0.2) is 3.92 Å². The molecule has 1 saturated heterocycles. The molecule has 4 heteroatoms. The lowest BCUT2D eigenvalue weighted by molar-refractivity contribution is 0.146. The average Bonchev–Trinajstić information content (AvgIpc) is 2.68. The van der Waals surface area contributed by atoms with Gasteiger partial charge in [-0.3, -0.25) is 4.90 Å². The Bertz CT molecular complexity index is 566. The first-order chi connectivity index (χ1) is 8.63. The SMILES string of the molecule is CC1CCC(c2ccc3sc(Br)nc3c2)N(C)C1. The first kappa shape index (κ1) is 12.6. The Balaban J connectivity index is 1.93. The van der Waals surface area contributed by atoms with Gasteiger partial charge in [0.25, 0.3) is 0 Å². The van der Waals surface area contributed by atoms with Crippen molar-refractivity contribution in [2.24, 2.45) is 5.92 Å². The Hall–Kier alpha value is -0.450. The molecule has 1 aliphatic rings. The van der Waals surface area contributed by atoms with Crippen LogP contribution in [0, 0.1) is 5.92 Å². The number of benzene rings is 1. The summed E-state index contributed by atoms with van der Waals surface area (Å²) in [4.78, 5) is 7.01. The van der Waals surface area contributed by atoms with E-state index in [0.717, 1.165) is 15.4 Å². The number of fused-ring (bicyclic) bond motifs is 1. The smallest absolute Gasteiger partial charge is 0.160 e. The van der Waals surface area contributed by atoms with Gasteiger partial charge in [-0.2, -0.15) is 0 Å². The maximum absolute atomic E-state index is 4.53. The molecule has 2 nitrogen and oxygen atoms in total. The van der Waals surface area contributed by atoms with Crippen LogP contribution in [0.1, 0.15) is 31.4 Å². The summed E-state index contributed by atoms with van der Waals surface area (Å²) < 4.78 is 2.23. The average molecular weight is 325 g/mol. The van der Waals surface area contributed by atoms with Crippen molar-refractivity contribution >= 4 is 37.5 Å². The van der Waals surface area contributed by atoms with Gasteiger partial charge in [0.05, 0.1) is 10.2 Å². The summed E-state index contributed by atoms with van der Waals surface area (Å²) >= 11 is 5.16. The number of piperidine rings is 1. The predicted molar refractivity (Wildman–Crippen MR) is 81.1 cm³/mol. The summed E-state index contributed by atoms with van der Waals surface area (Å²) in [5.74, 6) is 0.823. The molecule has 1 aromatic carbocycles. The highest BCUT2D eigenvalue weighted by Gasteiger charge is 2.24. The van der Waals surface area contributed by atoms with E-state index in [9.17, 15) is 0 Å². The zero-order valence-corrected chi connectivity index (χ0v) is 13.1. The lowest BCUT2D eigenvalue weighted by Gasteiger charge is -2.36. The molecule has 0 amide bonds. The maximum Gasteiger partial charge on any atom is 0.160 e. The molecule has 2 atom stereocenters. The number of likely N-dealkylation sites (tertiary alicyclic amines) is 1. The fourth-order valence-electron chi connectivity index (χ4n) is 2.92. The molecule has 2 aromatic rings. The second-order valence-electron chi connectivity index (χ2n) is 5.33. The van der Waals surface area contributed by atoms with Crippen molar-refractivity contribution in [3.05, 3.63) is 27.7 Å². The second-order valence-corrected chi connectivity index (χ2v) is 7.64. The molecule has 96 valence electrons. The van der Waals surface area contributed by atoms with E-state index in [0.29, 0.717) is 6.04 Å². The summed E-state index contributed by atoms with van der Waals surface area (Å²) in [5.41, 5.74) is 2.53. The highest BCUT2D eigenvalue weighted by Crippen LogP contribution is 2.34. The van der Waals surface area contributed by atoms with Crippen LogP contribution in [0.15, 0.2) is 22.1 Å². The molecule has 0 aliphatic carbocycles. The molecule has 0 saturated carbocycles. The zero-order chi connectivity index (χ0) is 12.7. The van der Waals surface area contributed by atoms with Crippen LogP contribution >= 0.6 is 27.3 Å². The highest BCUT2D eigenvalue weighted by molar-refractivity contribution is 9.11. The molecule has 1 aliphatic heterocycles. The summed E-state index contributed by atoms with van der Waals surface area (Å²) in [7, 11) is 2.24. The monoisotopic (exact) mass is 324 g/mol. The molecule has 0 radical (unpaired) electrons. The van der Waals surface area contributed by atoms with E-state index >= 15 is 0 Å². The minimum absolute atomic E-state index is 0.561. The number of hydrogen-bond acceptors (Lipinski definition) is 3. The second kappa shape index (κ2) is 4.91. The normalized spacial score (nSPS) is 25.7. The van der Waals surface area contributed by atoms with Crippen molar-refractivity contribution in [2.75, 3.05) is 13.6 Å². The lowest BCUT2D eigenvalue weighted by atomic mass is 9.90. The van der Waals surface area contributed by atoms with Crippen LogP contribution in [0.3, 0.4) is 0 Å². The van der Waals surface area contributed by atoms with E-state index in [2.05, 4.69) is 58.0 Å². The highest BCUT2D eigenvalue weighted by atomic mass is 79.9. The van der Waals surface area contributed by atoms with E-state index < -0.39 is 0 Å². The number of aromatic nitrogens is 1. The van der Waals surface area contributed by atoms with Crippen LogP contribution in [0.5, 0.6) is 0 Å². The van der Waals surface area contributed by atoms with Gasteiger partial charge in [-0.05, 0) is 59.4 Å². The number of rotatable bonds is 1. The Morgan fingerprint density at radius 2 is 2.22 bits per heavy atom. The number of hydrogen-bond donors (Lipinski definition) is 0. The van der Waals surface area contributed by atoms with Crippen LogP contribution in [0.25, 0.3) is 10.2 Å². The van der Waals surface area contributed by atoms with Crippen molar-refractivity contribution < 1.29 is 0 Å².